The second-order valence-electron chi connectivity index (χ2n) is 9.86. The molecule has 0 fully saturated rings. The smallest absolute Gasteiger partial charge is 0.0464 e. The highest BCUT2D eigenvalue weighted by Gasteiger charge is 2.12. The highest BCUT2D eigenvalue weighted by molar-refractivity contribution is 6.09. The third kappa shape index (κ3) is 4.35. The lowest BCUT2D eigenvalue weighted by Crippen LogP contribution is -1.88. The minimum atomic E-state index is 1.21. The number of aromatic amines is 1. The van der Waals surface area contributed by atoms with Gasteiger partial charge in [-0.15, -0.1) is 0 Å². The molecule has 7 aromatic carbocycles. The lowest BCUT2D eigenvalue weighted by Gasteiger charge is -2.15. The average molecular weight is 498 g/mol. The molecular weight excluding hydrogens is 470 g/mol. The number of nitrogens with one attached hydrogen (secondary N) is 1. The van der Waals surface area contributed by atoms with Crippen molar-refractivity contribution >= 4 is 43.4 Å². The summed E-state index contributed by atoms with van der Waals surface area (Å²) >= 11 is 0. The van der Waals surface area contributed by atoms with E-state index in [1.54, 1.807) is 0 Å². The Morgan fingerprint density at radius 2 is 0.846 bits per heavy atom. The maximum absolute atomic E-state index is 3.38. The van der Waals surface area contributed by atoms with Gasteiger partial charge in [0.1, 0.15) is 0 Å². The van der Waals surface area contributed by atoms with E-state index < -0.39 is 0 Å². The molecule has 184 valence electrons. The quantitative estimate of drug-likeness (QED) is 0.229. The van der Waals surface area contributed by atoms with E-state index >= 15 is 0 Å². The van der Waals surface area contributed by atoms with Crippen LogP contribution in [0.25, 0.3) is 65.6 Å². The molecule has 0 unspecified atom stereocenters. The zero-order chi connectivity index (χ0) is 26.0. The monoisotopic (exact) mass is 497 g/mol. The molecule has 1 heterocycles. The number of H-pyrrole nitrogens is 1. The van der Waals surface area contributed by atoms with Crippen LogP contribution >= 0.6 is 0 Å². The van der Waals surface area contributed by atoms with E-state index in [4.69, 9.17) is 0 Å². The maximum Gasteiger partial charge on any atom is 0.0464 e. The molecule has 0 saturated carbocycles. The number of para-hydroxylation sites is 2. The van der Waals surface area contributed by atoms with Gasteiger partial charge in [0.2, 0.25) is 0 Å². The van der Waals surface area contributed by atoms with Crippen molar-refractivity contribution in [3.63, 3.8) is 0 Å². The number of benzene rings is 7. The molecule has 0 aliphatic heterocycles. The van der Waals surface area contributed by atoms with E-state index in [0.717, 1.165) is 0 Å². The first-order valence-electron chi connectivity index (χ1n) is 13.4. The van der Waals surface area contributed by atoms with E-state index in [1.807, 2.05) is 0 Å². The Hall–Kier alpha value is -5.14. The van der Waals surface area contributed by atoms with E-state index in [-0.39, 0.29) is 0 Å². The van der Waals surface area contributed by atoms with E-state index in [1.165, 1.54) is 65.6 Å². The first-order valence-corrected chi connectivity index (χ1v) is 13.4. The van der Waals surface area contributed by atoms with Gasteiger partial charge in [-0.05, 0) is 68.1 Å². The van der Waals surface area contributed by atoms with Gasteiger partial charge in [0.25, 0.3) is 0 Å². The Balaban J connectivity index is 0.000000162. The largest absolute Gasteiger partial charge is 0.355 e. The molecule has 0 atom stereocenters. The van der Waals surface area contributed by atoms with Crippen molar-refractivity contribution in [3.8, 4) is 22.3 Å². The lowest BCUT2D eigenvalue weighted by atomic mass is 9.89. The summed E-state index contributed by atoms with van der Waals surface area (Å²) < 4.78 is 0. The third-order valence-corrected chi connectivity index (χ3v) is 7.45. The van der Waals surface area contributed by atoms with Gasteiger partial charge in [0, 0.05) is 21.8 Å². The second kappa shape index (κ2) is 9.96. The summed E-state index contributed by atoms with van der Waals surface area (Å²) in [6.07, 6.45) is 0. The fourth-order valence-electron chi connectivity index (χ4n) is 5.59. The number of aromatic nitrogens is 1. The predicted molar refractivity (Wildman–Crippen MR) is 168 cm³/mol. The highest BCUT2D eigenvalue weighted by Crippen LogP contribution is 2.39. The number of fused-ring (bicyclic) bond motifs is 5. The van der Waals surface area contributed by atoms with Gasteiger partial charge in [0.05, 0.1) is 0 Å². The fraction of sp³-hybridized carbons (Fsp3) is 0. The summed E-state index contributed by atoms with van der Waals surface area (Å²) in [7, 11) is 0. The molecule has 0 amide bonds. The first kappa shape index (κ1) is 23.0. The molecule has 0 saturated heterocycles. The summed E-state index contributed by atoms with van der Waals surface area (Å²) in [5.74, 6) is 0. The highest BCUT2D eigenvalue weighted by atomic mass is 14.7. The van der Waals surface area contributed by atoms with Crippen LogP contribution in [-0.4, -0.2) is 4.98 Å². The fourth-order valence-corrected chi connectivity index (χ4v) is 5.59. The van der Waals surface area contributed by atoms with Gasteiger partial charge in [-0.2, -0.15) is 0 Å². The first-order chi connectivity index (χ1) is 19.3. The van der Waals surface area contributed by atoms with Gasteiger partial charge in [-0.1, -0.05) is 133 Å². The van der Waals surface area contributed by atoms with Crippen molar-refractivity contribution in [1.82, 2.24) is 4.98 Å². The van der Waals surface area contributed by atoms with Crippen molar-refractivity contribution in [2.75, 3.05) is 0 Å². The van der Waals surface area contributed by atoms with Crippen LogP contribution in [-0.2, 0) is 0 Å². The van der Waals surface area contributed by atoms with Crippen molar-refractivity contribution in [2.45, 2.75) is 0 Å². The van der Waals surface area contributed by atoms with Crippen LogP contribution in [0.2, 0.25) is 0 Å². The molecule has 1 nitrogen and oxygen atoms in total. The SMILES string of the molecule is c1ccc(-c2ccc3cc4ccccc4cc3c2-c2ccccc2)cc1.c1ccc2c(c1)[nH]c1ccccc12. The van der Waals surface area contributed by atoms with Gasteiger partial charge < -0.3 is 4.98 Å². The standard InChI is InChI=1S/C26H18.C12H9N/c1-3-9-19(10-4-1)24-16-15-23-17-21-13-7-8-14-22(21)18-25(23)26(24)20-11-5-2-6-12-20;1-3-7-11-9(5-1)10-6-2-4-8-12(10)13-11/h1-18H;1-8,13H. The van der Waals surface area contributed by atoms with Crippen LogP contribution in [0, 0.1) is 0 Å². The summed E-state index contributed by atoms with van der Waals surface area (Å²) in [5.41, 5.74) is 7.51. The van der Waals surface area contributed by atoms with Crippen LogP contribution in [0.5, 0.6) is 0 Å². The topological polar surface area (TPSA) is 15.8 Å². The van der Waals surface area contributed by atoms with Crippen LogP contribution in [0.3, 0.4) is 0 Å². The summed E-state index contributed by atoms with van der Waals surface area (Å²) in [4.78, 5) is 3.38. The molecule has 8 rings (SSSR count). The van der Waals surface area contributed by atoms with Crippen LogP contribution < -0.4 is 0 Å². The Morgan fingerprint density at radius 1 is 0.333 bits per heavy atom. The number of rotatable bonds is 2. The number of hydrogen-bond donors (Lipinski definition) is 1. The van der Waals surface area contributed by atoms with Crippen LogP contribution in [0.4, 0.5) is 0 Å². The molecule has 8 aromatic rings. The molecule has 0 bridgehead atoms. The van der Waals surface area contributed by atoms with Crippen molar-refractivity contribution in [1.29, 1.82) is 0 Å². The molecule has 0 aliphatic rings. The molecule has 0 aliphatic carbocycles. The molecule has 0 spiro atoms. The summed E-state index contributed by atoms with van der Waals surface area (Å²) in [5, 5.41) is 7.75. The Labute approximate surface area is 228 Å². The third-order valence-electron chi connectivity index (χ3n) is 7.45. The average Bonchev–Trinajstić information content (AvgIpc) is 3.39. The molecule has 1 N–H and O–H groups in total. The molecule has 1 aromatic heterocycles. The maximum atomic E-state index is 3.38. The predicted octanol–water partition coefficient (Wildman–Crippen LogP) is 10.6. The van der Waals surface area contributed by atoms with Crippen LogP contribution in [0.15, 0.2) is 158 Å². The van der Waals surface area contributed by atoms with Gasteiger partial charge in [-0.25, -0.2) is 0 Å². The van der Waals surface area contributed by atoms with Gasteiger partial charge in [-0.3, -0.25) is 0 Å². The lowest BCUT2D eigenvalue weighted by molar-refractivity contribution is 1.55. The van der Waals surface area contributed by atoms with Crippen molar-refractivity contribution in [3.05, 3.63) is 158 Å². The Bertz CT molecular complexity index is 2000. The zero-order valence-electron chi connectivity index (χ0n) is 21.5. The van der Waals surface area contributed by atoms with Crippen LogP contribution in [0.1, 0.15) is 0 Å². The normalized spacial score (nSPS) is 11.1. The zero-order valence-corrected chi connectivity index (χ0v) is 21.5. The molecule has 39 heavy (non-hydrogen) atoms. The van der Waals surface area contributed by atoms with E-state index in [2.05, 4.69) is 163 Å². The second-order valence-corrected chi connectivity index (χ2v) is 9.86. The minimum absolute atomic E-state index is 1.21. The summed E-state index contributed by atoms with van der Waals surface area (Å²) in [6.45, 7) is 0. The molecule has 0 radical (unpaired) electrons. The van der Waals surface area contributed by atoms with Crippen molar-refractivity contribution < 1.29 is 0 Å². The Morgan fingerprint density at radius 3 is 1.49 bits per heavy atom. The van der Waals surface area contributed by atoms with E-state index in [0.29, 0.717) is 0 Å². The minimum Gasteiger partial charge on any atom is -0.355 e. The number of hydrogen-bond acceptors (Lipinski definition) is 0. The van der Waals surface area contributed by atoms with Gasteiger partial charge in [0.15, 0.2) is 0 Å². The molecule has 1 heteroatoms. The van der Waals surface area contributed by atoms with E-state index in [9.17, 15) is 0 Å². The summed E-state index contributed by atoms with van der Waals surface area (Å²) in [6, 6.07) is 55.9. The van der Waals surface area contributed by atoms with Crippen molar-refractivity contribution in [2.24, 2.45) is 0 Å². The Kier molecular flexibility index (Phi) is 5.88. The molecular formula is C38H27N. The van der Waals surface area contributed by atoms with Gasteiger partial charge >= 0.3 is 0 Å².